The molecule has 3 nitrogen and oxygen atoms in total. The number of nitrogens with zero attached hydrogens (tertiary/aromatic N) is 1. The van der Waals surface area contributed by atoms with Crippen molar-refractivity contribution in [1.29, 1.82) is 0 Å². The maximum absolute atomic E-state index is 11.1. The summed E-state index contributed by atoms with van der Waals surface area (Å²) in [4.78, 5) is 14.8. The van der Waals surface area contributed by atoms with Crippen LogP contribution in [0.15, 0.2) is 29.5 Å². The molecular weight excluding hydrogens is 164 g/mol. The lowest BCUT2D eigenvalue weighted by atomic mass is 10.3. The van der Waals surface area contributed by atoms with Crippen LogP contribution in [0.2, 0.25) is 0 Å². The van der Waals surface area contributed by atoms with Crippen molar-refractivity contribution in [1.82, 2.24) is 5.32 Å². The van der Waals surface area contributed by atoms with E-state index in [9.17, 15) is 4.79 Å². The second kappa shape index (κ2) is 7.28. The predicted octanol–water partition coefficient (Wildman–Crippen LogP) is 2.02. The van der Waals surface area contributed by atoms with Crippen molar-refractivity contribution in [2.75, 3.05) is 0 Å². The van der Waals surface area contributed by atoms with Crippen molar-refractivity contribution < 1.29 is 4.79 Å². The maximum Gasteiger partial charge on any atom is 0.224 e. The minimum Gasteiger partial charge on any atom is -0.330 e. The molecular formula is C10H16N2O. The Hall–Kier alpha value is -1.38. The number of amides is 1. The van der Waals surface area contributed by atoms with Crippen LogP contribution >= 0.6 is 0 Å². The van der Waals surface area contributed by atoms with E-state index in [1.54, 1.807) is 12.3 Å². The average Bonchev–Trinajstić information content (AvgIpc) is 2.05. The molecule has 0 bridgehead atoms. The van der Waals surface area contributed by atoms with Gasteiger partial charge in [-0.05, 0) is 19.4 Å². The fourth-order valence-electron chi connectivity index (χ4n) is 0.767. The predicted molar refractivity (Wildman–Crippen MR) is 55.5 cm³/mol. The van der Waals surface area contributed by atoms with Crippen molar-refractivity contribution >= 4 is 12.1 Å². The highest BCUT2D eigenvalue weighted by Gasteiger charge is 1.97. The molecule has 0 aromatic rings. The van der Waals surface area contributed by atoms with Gasteiger partial charge in [0.15, 0.2) is 0 Å². The summed E-state index contributed by atoms with van der Waals surface area (Å²) in [6, 6.07) is 0. The van der Waals surface area contributed by atoms with Gasteiger partial charge >= 0.3 is 0 Å². The number of allylic oxidation sites excluding steroid dienone is 2. The van der Waals surface area contributed by atoms with Crippen LogP contribution in [-0.2, 0) is 4.79 Å². The van der Waals surface area contributed by atoms with E-state index in [2.05, 4.69) is 16.9 Å². The fraction of sp³-hybridized carbons (Fsp3) is 0.400. The molecule has 0 radical (unpaired) electrons. The second-order valence-corrected chi connectivity index (χ2v) is 2.63. The summed E-state index contributed by atoms with van der Waals surface area (Å²) in [5, 5.41) is 2.74. The number of hydrogen-bond acceptors (Lipinski definition) is 2. The molecule has 0 aliphatic carbocycles. The summed E-state index contributed by atoms with van der Waals surface area (Å²) >= 11 is 0. The zero-order chi connectivity index (χ0) is 10.1. The van der Waals surface area contributed by atoms with E-state index >= 15 is 0 Å². The third kappa shape index (κ3) is 7.00. The zero-order valence-electron chi connectivity index (χ0n) is 8.21. The van der Waals surface area contributed by atoms with Crippen LogP contribution in [0.5, 0.6) is 0 Å². The minimum atomic E-state index is 0.0447. The number of hydrogen-bond donors (Lipinski definition) is 1. The Morgan fingerprint density at radius 2 is 2.31 bits per heavy atom. The summed E-state index contributed by atoms with van der Waals surface area (Å²) in [7, 11) is 0. The van der Waals surface area contributed by atoms with Crippen LogP contribution in [0.4, 0.5) is 0 Å². The smallest absolute Gasteiger partial charge is 0.224 e. The van der Waals surface area contributed by atoms with Gasteiger partial charge in [-0.1, -0.05) is 13.5 Å². The van der Waals surface area contributed by atoms with Gasteiger partial charge in [-0.25, -0.2) is 0 Å². The van der Waals surface area contributed by atoms with Gasteiger partial charge in [0, 0.05) is 24.5 Å². The maximum atomic E-state index is 11.1. The third-order valence-corrected chi connectivity index (χ3v) is 1.33. The first kappa shape index (κ1) is 11.6. The topological polar surface area (TPSA) is 41.5 Å². The Bertz CT molecular complexity index is 229. The highest BCUT2D eigenvalue weighted by molar-refractivity contribution is 5.80. The number of rotatable bonds is 5. The Morgan fingerprint density at radius 3 is 2.85 bits per heavy atom. The normalized spacial score (nSPS) is 11.7. The van der Waals surface area contributed by atoms with E-state index in [0.29, 0.717) is 6.42 Å². The Morgan fingerprint density at radius 1 is 1.62 bits per heavy atom. The van der Waals surface area contributed by atoms with Crippen molar-refractivity contribution in [3.63, 3.8) is 0 Å². The molecule has 0 saturated carbocycles. The number of nitrogens with one attached hydrogen (secondary N) is 1. The van der Waals surface area contributed by atoms with E-state index in [1.807, 2.05) is 13.8 Å². The average molecular weight is 180 g/mol. The number of carbonyl (C=O) groups excluding carboxylic acids is 1. The van der Waals surface area contributed by atoms with Crippen LogP contribution in [0.3, 0.4) is 0 Å². The molecule has 0 aliphatic rings. The second-order valence-electron chi connectivity index (χ2n) is 2.63. The lowest BCUT2D eigenvalue weighted by molar-refractivity contribution is -0.120. The highest BCUT2D eigenvalue weighted by atomic mass is 16.1. The molecule has 0 saturated heterocycles. The van der Waals surface area contributed by atoms with E-state index in [0.717, 1.165) is 12.1 Å². The van der Waals surface area contributed by atoms with Crippen LogP contribution < -0.4 is 5.32 Å². The van der Waals surface area contributed by atoms with Gasteiger partial charge in [-0.2, -0.15) is 0 Å². The van der Waals surface area contributed by atoms with Crippen molar-refractivity contribution in [2.24, 2.45) is 4.99 Å². The number of aliphatic imine (C=N–C) groups is 1. The van der Waals surface area contributed by atoms with E-state index < -0.39 is 0 Å². The van der Waals surface area contributed by atoms with E-state index in [4.69, 9.17) is 0 Å². The molecule has 0 unspecified atom stereocenters. The quantitative estimate of drug-likeness (QED) is 0.646. The van der Waals surface area contributed by atoms with Crippen LogP contribution in [-0.4, -0.2) is 12.1 Å². The van der Waals surface area contributed by atoms with Crippen molar-refractivity contribution in [3.8, 4) is 0 Å². The Labute approximate surface area is 79.3 Å². The molecule has 72 valence electrons. The molecule has 1 amide bonds. The summed E-state index contributed by atoms with van der Waals surface area (Å²) in [5.74, 6) is 0.0447. The van der Waals surface area contributed by atoms with Crippen molar-refractivity contribution in [2.45, 2.75) is 26.7 Å². The zero-order valence-corrected chi connectivity index (χ0v) is 8.21. The summed E-state index contributed by atoms with van der Waals surface area (Å²) < 4.78 is 0. The van der Waals surface area contributed by atoms with Crippen LogP contribution in [0, 0.1) is 0 Å². The molecule has 0 aromatic carbocycles. The van der Waals surface area contributed by atoms with Gasteiger partial charge in [0.1, 0.15) is 0 Å². The summed E-state index contributed by atoms with van der Waals surface area (Å²) in [5.41, 5.74) is 0.795. The largest absolute Gasteiger partial charge is 0.330 e. The van der Waals surface area contributed by atoms with Gasteiger partial charge < -0.3 is 5.32 Å². The van der Waals surface area contributed by atoms with E-state index in [-0.39, 0.29) is 5.91 Å². The Balaban J connectivity index is 3.90. The standard InChI is InChI=1S/C10H16N2O/c1-4-6-10(13)12-9(3)7-8-11-5-2/h5,7-8H,2,4,6H2,1,3H3,(H,12,13)/b9-7+,11-8?. The molecule has 3 heteroatoms. The fourth-order valence-corrected chi connectivity index (χ4v) is 0.767. The van der Waals surface area contributed by atoms with E-state index in [1.165, 1.54) is 6.20 Å². The Kier molecular flexibility index (Phi) is 6.51. The SMILES string of the molecule is C=CN=C/C=C(\C)NC(=O)CCC. The molecule has 0 spiro atoms. The van der Waals surface area contributed by atoms with Gasteiger partial charge in [-0.3, -0.25) is 9.79 Å². The molecule has 0 aliphatic heterocycles. The minimum absolute atomic E-state index is 0.0447. The molecule has 0 atom stereocenters. The first-order valence-electron chi connectivity index (χ1n) is 4.31. The summed E-state index contributed by atoms with van der Waals surface area (Å²) in [6.45, 7) is 7.23. The molecule has 13 heavy (non-hydrogen) atoms. The van der Waals surface area contributed by atoms with Gasteiger partial charge in [0.2, 0.25) is 5.91 Å². The monoisotopic (exact) mass is 180 g/mol. The van der Waals surface area contributed by atoms with Crippen LogP contribution in [0.25, 0.3) is 0 Å². The molecule has 0 fully saturated rings. The summed E-state index contributed by atoms with van der Waals surface area (Å²) in [6.07, 6.45) is 6.19. The first-order valence-corrected chi connectivity index (χ1v) is 4.31. The van der Waals surface area contributed by atoms with Gasteiger partial charge in [0.05, 0.1) is 0 Å². The molecule has 0 rings (SSSR count). The highest BCUT2D eigenvalue weighted by Crippen LogP contribution is 1.90. The van der Waals surface area contributed by atoms with Gasteiger partial charge in [0.25, 0.3) is 0 Å². The lowest BCUT2D eigenvalue weighted by Gasteiger charge is -2.01. The van der Waals surface area contributed by atoms with Crippen molar-refractivity contribution in [3.05, 3.63) is 24.6 Å². The van der Waals surface area contributed by atoms with Crippen LogP contribution in [0.1, 0.15) is 26.7 Å². The van der Waals surface area contributed by atoms with Gasteiger partial charge in [-0.15, -0.1) is 0 Å². The molecule has 1 N–H and O–H groups in total. The molecule has 0 aromatic heterocycles. The number of carbonyl (C=O) groups is 1. The first-order chi connectivity index (χ1) is 6.20. The third-order valence-electron chi connectivity index (χ3n) is 1.33. The molecule has 0 heterocycles. The lowest BCUT2D eigenvalue weighted by Crippen LogP contribution is -2.20.